The fourth-order valence-electron chi connectivity index (χ4n) is 1.34. The van der Waals surface area contributed by atoms with Crippen molar-refractivity contribution in [2.45, 2.75) is 20.0 Å². The van der Waals surface area contributed by atoms with E-state index in [1.807, 2.05) is 6.92 Å². The number of ether oxygens (including phenoxy) is 2. The van der Waals surface area contributed by atoms with Crippen molar-refractivity contribution in [3.8, 4) is 5.75 Å². The van der Waals surface area contributed by atoms with Gasteiger partial charge in [0.25, 0.3) is 0 Å². The molecule has 1 aromatic carbocycles. The Bertz CT molecular complexity index is 447. The Hall–Kier alpha value is -2.18. The fourth-order valence-corrected chi connectivity index (χ4v) is 1.34. The second-order valence-electron chi connectivity index (χ2n) is 3.42. The second-order valence-corrected chi connectivity index (χ2v) is 3.42. The van der Waals surface area contributed by atoms with Gasteiger partial charge in [-0.1, -0.05) is 6.92 Å². The average molecular weight is 272 g/mol. The Kier molecular flexibility index (Phi) is 5.72. The molecule has 0 bridgehead atoms. The van der Waals surface area contributed by atoms with E-state index in [4.69, 9.17) is 0 Å². The summed E-state index contributed by atoms with van der Waals surface area (Å²) in [6, 6.07) is 5.98. The zero-order valence-electron chi connectivity index (χ0n) is 10.5. The van der Waals surface area contributed by atoms with E-state index in [9.17, 15) is 13.6 Å². The molecule has 104 valence electrons. The number of hydrogen-bond acceptors (Lipinski definition) is 4. The smallest absolute Gasteiger partial charge is 0.427 e. The highest BCUT2D eigenvalue weighted by atomic mass is 19.3. The van der Waals surface area contributed by atoms with Gasteiger partial charge in [-0.05, 0) is 36.2 Å². The van der Waals surface area contributed by atoms with Gasteiger partial charge in [0.2, 0.25) is 0 Å². The SMILES string of the molecule is CC/C(=N\NC(=O)OC)c1ccc(OC(F)F)cc1. The molecule has 1 N–H and O–H groups in total. The lowest BCUT2D eigenvalue weighted by Gasteiger charge is -2.07. The maximum absolute atomic E-state index is 12.0. The van der Waals surface area contributed by atoms with Crippen molar-refractivity contribution in [3.05, 3.63) is 29.8 Å². The Morgan fingerprint density at radius 2 is 2.00 bits per heavy atom. The molecule has 0 aromatic heterocycles. The third kappa shape index (κ3) is 4.90. The molecule has 0 radical (unpaired) electrons. The molecule has 0 spiro atoms. The molecule has 1 rings (SSSR count). The van der Waals surface area contributed by atoms with Crippen LogP contribution in [-0.2, 0) is 4.74 Å². The first kappa shape index (κ1) is 14.9. The van der Waals surface area contributed by atoms with Gasteiger partial charge in [-0.15, -0.1) is 0 Å². The predicted octanol–water partition coefficient (Wildman–Crippen LogP) is 2.76. The van der Waals surface area contributed by atoms with Crippen LogP contribution in [0, 0.1) is 0 Å². The summed E-state index contributed by atoms with van der Waals surface area (Å²) in [6.45, 7) is -1.01. The Labute approximate surface area is 109 Å². The summed E-state index contributed by atoms with van der Waals surface area (Å²) in [7, 11) is 1.23. The summed E-state index contributed by atoms with van der Waals surface area (Å²) < 4.78 is 32.6. The van der Waals surface area contributed by atoms with Gasteiger partial charge in [-0.2, -0.15) is 13.9 Å². The van der Waals surface area contributed by atoms with Crippen LogP contribution < -0.4 is 10.2 Å². The largest absolute Gasteiger partial charge is 0.452 e. The van der Waals surface area contributed by atoms with Crippen LogP contribution in [0.15, 0.2) is 29.4 Å². The van der Waals surface area contributed by atoms with E-state index in [-0.39, 0.29) is 5.75 Å². The standard InChI is InChI=1S/C12H14F2N2O3/c1-3-10(15-16-12(17)18-2)8-4-6-9(7-5-8)19-11(13)14/h4-7,11H,3H2,1-2H3,(H,16,17)/b15-10+. The number of amides is 1. The van der Waals surface area contributed by atoms with Crippen LogP contribution in [0.4, 0.5) is 13.6 Å². The van der Waals surface area contributed by atoms with Crippen molar-refractivity contribution < 1.29 is 23.0 Å². The first-order valence-electron chi connectivity index (χ1n) is 5.52. The minimum atomic E-state index is -2.86. The molecule has 0 aliphatic rings. The van der Waals surface area contributed by atoms with E-state index < -0.39 is 12.7 Å². The van der Waals surface area contributed by atoms with E-state index in [2.05, 4.69) is 20.0 Å². The Morgan fingerprint density at radius 1 is 1.37 bits per heavy atom. The van der Waals surface area contributed by atoms with E-state index in [1.165, 1.54) is 19.2 Å². The van der Waals surface area contributed by atoms with Crippen LogP contribution >= 0.6 is 0 Å². The average Bonchev–Trinajstić information content (AvgIpc) is 2.40. The molecule has 19 heavy (non-hydrogen) atoms. The number of methoxy groups -OCH3 is 1. The van der Waals surface area contributed by atoms with Gasteiger partial charge in [0.1, 0.15) is 5.75 Å². The molecule has 0 aliphatic carbocycles. The molecule has 5 nitrogen and oxygen atoms in total. The summed E-state index contributed by atoms with van der Waals surface area (Å²) in [5.41, 5.74) is 3.49. The number of hydrazone groups is 1. The van der Waals surface area contributed by atoms with Crippen molar-refractivity contribution in [3.63, 3.8) is 0 Å². The number of nitrogens with zero attached hydrogens (tertiary/aromatic N) is 1. The van der Waals surface area contributed by atoms with Gasteiger partial charge in [-0.3, -0.25) is 0 Å². The molecular weight excluding hydrogens is 258 g/mol. The molecule has 1 amide bonds. The van der Waals surface area contributed by atoms with Crippen LogP contribution in [0.2, 0.25) is 0 Å². The second kappa shape index (κ2) is 7.30. The number of alkyl halides is 2. The molecule has 1 aromatic rings. The monoisotopic (exact) mass is 272 g/mol. The lowest BCUT2D eigenvalue weighted by atomic mass is 10.1. The molecule has 0 saturated carbocycles. The molecule has 7 heteroatoms. The van der Waals surface area contributed by atoms with Crippen molar-refractivity contribution in [1.29, 1.82) is 0 Å². The number of rotatable bonds is 5. The van der Waals surface area contributed by atoms with Crippen LogP contribution in [0.25, 0.3) is 0 Å². The fraction of sp³-hybridized carbons (Fsp3) is 0.333. The van der Waals surface area contributed by atoms with Crippen molar-refractivity contribution >= 4 is 11.8 Å². The first-order valence-corrected chi connectivity index (χ1v) is 5.52. The van der Waals surface area contributed by atoms with Gasteiger partial charge in [0, 0.05) is 0 Å². The number of halogens is 2. The number of nitrogens with one attached hydrogen (secondary N) is 1. The third-order valence-corrected chi connectivity index (χ3v) is 2.22. The normalized spacial score (nSPS) is 11.3. The van der Waals surface area contributed by atoms with Crippen molar-refractivity contribution in [1.82, 2.24) is 5.43 Å². The summed E-state index contributed by atoms with van der Waals surface area (Å²) in [6.07, 6.45) is -0.123. The lowest BCUT2D eigenvalue weighted by Crippen LogP contribution is -2.19. The number of carbonyl (C=O) groups excluding carboxylic acids is 1. The number of hydrogen-bond donors (Lipinski definition) is 1. The molecule has 0 heterocycles. The maximum atomic E-state index is 12.0. The van der Waals surface area contributed by atoms with E-state index >= 15 is 0 Å². The zero-order valence-corrected chi connectivity index (χ0v) is 10.5. The molecule has 0 unspecified atom stereocenters. The zero-order chi connectivity index (χ0) is 14.3. The lowest BCUT2D eigenvalue weighted by molar-refractivity contribution is -0.0498. The van der Waals surface area contributed by atoms with E-state index in [0.717, 1.165) is 0 Å². The van der Waals surface area contributed by atoms with Gasteiger partial charge < -0.3 is 9.47 Å². The molecule has 0 aliphatic heterocycles. The summed E-state index contributed by atoms with van der Waals surface area (Å²) in [5, 5.41) is 3.88. The van der Waals surface area contributed by atoms with Crippen LogP contribution in [0.3, 0.4) is 0 Å². The maximum Gasteiger partial charge on any atom is 0.427 e. The Morgan fingerprint density at radius 3 is 2.47 bits per heavy atom. The van der Waals surface area contributed by atoms with Gasteiger partial charge in [0.05, 0.1) is 12.8 Å². The first-order chi connectivity index (χ1) is 9.06. The van der Waals surface area contributed by atoms with Crippen LogP contribution in [0.5, 0.6) is 5.75 Å². The predicted molar refractivity (Wildman–Crippen MR) is 65.4 cm³/mol. The number of benzene rings is 1. The highest BCUT2D eigenvalue weighted by molar-refractivity contribution is 6.00. The molecule has 0 saturated heterocycles. The van der Waals surface area contributed by atoms with Crippen LogP contribution in [-0.4, -0.2) is 25.5 Å². The minimum absolute atomic E-state index is 0.0649. The third-order valence-electron chi connectivity index (χ3n) is 2.22. The topological polar surface area (TPSA) is 59.9 Å². The quantitative estimate of drug-likeness (QED) is 0.662. The summed E-state index contributed by atoms with van der Waals surface area (Å²) >= 11 is 0. The highest BCUT2D eigenvalue weighted by Crippen LogP contribution is 2.16. The minimum Gasteiger partial charge on any atom is -0.452 e. The molecule has 0 fully saturated rings. The van der Waals surface area contributed by atoms with Gasteiger partial charge >= 0.3 is 12.7 Å². The van der Waals surface area contributed by atoms with E-state index in [1.54, 1.807) is 12.1 Å². The molecule has 0 atom stereocenters. The highest BCUT2D eigenvalue weighted by Gasteiger charge is 2.06. The molecular formula is C12H14F2N2O3. The summed E-state index contributed by atoms with van der Waals surface area (Å²) in [5.74, 6) is 0.0649. The van der Waals surface area contributed by atoms with Gasteiger partial charge in [0.15, 0.2) is 0 Å². The van der Waals surface area contributed by atoms with Crippen molar-refractivity contribution in [2.75, 3.05) is 7.11 Å². The van der Waals surface area contributed by atoms with Crippen molar-refractivity contribution in [2.24, 2.45) is 5.10 Å². The summed E-state index contributed by atoms with van der Waals surface area (Å²) in [4.78, 5) is 10.9. The van der Waals surface area contributed by atoms with Crippen LogP contribution in [0.1, 0.15) is 18.9 Å². The Balaban J connectivity index is 2.79. The van der Waals surface area contributed by atoms with Gasteiger partial charge in [-0.25, -0.2) is 10.2 Å². The van der Waals surface area contributed by atoms with E-state index in [0.29, 0.717) is 17.7 Å². The number of carbonyl (C=O) groups is 1.